The summed E-state index contributed by atoms with van der Waals surface area (Å²) in [6, 6.07) is 6.08. The highest BCUT2D eigenvalue weighted by atomic mass is 127. The van der Waals surface area contributed by atoms with Crippen LogP contribution in [0, 0.1) is 5.41 Å². The van der Waals surface area contributed by atoms with Crippen LogP contribution in [-0.2, 0) is 4.74 Å². The van der Waals surface area contributed by atoms with Crippen molar-refractivity contribution in [3.05, 3.63) is 24.4 Å². The predicted octanol–water partition coefficient (Wildman–Crippen LogP) is 1.82. The van der Waals surface area contributed by atoms with Crippen molar-refractivity contribution in [2.24, 2.45) is 10.4 Å². The lowest BCUT2D eigenvalue weighted by Gasteiger charge is -2.39. The third-order valence-corrected chi connectivity index (χ3v) is 4.40. The van der Waals surface area contributed by atoms with Crippen molar-refractivity contribution < 1.29 is 4.74 Å². The Hall–Kier alpha value is -1.09. The van der Waals surface area contributed by atoms with Crippen LogP contribution in [0.15, 0.2) is 29.4 Å². The Morgan fingerprint density at radius 1 is 1.29 bits per heavy atom. The molecule has 2 aliphatic heterocycles. The summed E-state index contributed by atoms with van der Waals surface area (Å²) in [7, 11) is 0. The molecule has 0 amide bonds. The molecule has 1 N–H and O–H groups in total. The molecule has 0 spiro atoms. The largest absolute Gasteiger partial charge is 0.380 e. The van der Waals surface area contributed by atoms with Crippen LogP contribution in [-0.4, -0.2) is 68.3 Å². The lowest BCUT2D eigenvalue weighted by Crippen LogP contribution is -2.53. The topological polar surface area (TPSA) is 53.0 Å². The van der Waals surface area contributed by atoms with Gasteiger partial charge in [0.1, 0.15) is 5.82 Å². The summed E-state index contributed by atoms with van der Waals surface area (Å²) in [5.41, 5.74) is 0.219. The highest BCUT2D eigenvalue weighted by molar-refractivity contribution is 14.0. The third kappa shape index (κ3) is 4.72. The number of aliphatic imine (C=N–C) groups is 1. The van der Waals surface area contributed by atoms with Crippen LogP contribution in [0.5, 0.6) is 0 Å². The zero-order valence-corrected chi connectivity index (χ0v) is 16.9. The first-order valence-electron chi connectivity index (χ1n) is 8.47. The Kier molecular flexibility index (Phi) is 7.09. The van der Waals surface area contributed by atoms with Crippen molar-refractivity contribution in [2.45, 2.75) is 13.8 Å². The van der Waals surface area contributed by atoms with Crippen LogP contribution < -0.4 is 10.2 Å². The molecule has 0 saturated carbocycles. The fourth-order valence-electron chi connectivity index (χ4n) is 2.92. The number of ether oxygens (including phenoxy) is 1. The molecule has 134 valence electrons. The summed E-state index contributed by atoms with van der Waals surface area (Å²) in [6.07, 6.45) is 1.86. The number of nitrogens with one attached hydrogen (secondary N) is 1. The van der Waals surface area contributed by atoms with Gasteiger partial charge in [-0.2, -0.15) is 0 Å². The minimum Gasteiger partial charge on any atom is -0.380 e. The fourth-order valence-corrected chi connectivity index (χ4v) is 2.92. The molecule has 0 atom stereocenters. The number of nitrogens with zero attached hydrogens (tertiary/aromatic N) is 4. The average molecular weight is 445 g/mol. The van der Waals surface area contributed by atoms with E-state index in [-0.39, 0.29) is 29.4 Å². The first-order valence-corrected chi connectivity index (χ1v) is 8.47. The first kappa shape index (κ1) is 19.2. The molecule has 1 aromatic heterocycles. The van der Waals surface area contributed by atoms with Crippen molar-refractivity contribution in [2.75, 3.05) is 57.4 Å². The number of pyridine rings is 1. The molecule has 24 heavy (non-hydrogen) atoms. The van der Waals surface area contributed by atoms with Crippen LogP contribution in [0.2, 0.25) is 0 Å². The fraction of sp³-hybridized carbons (Fsp3) is 0.647. The van der Waals surface area contributed by atoms with Crippen molar-refractivity contribution in [1.82, 2.24) is 15.2 Å². The first-order chi connectivity index (χ1) is 11.2. The van der Waals surface area contributed by atoms with Gasteiger partial charge in [0.15, 0.2) is 5.96 Å². The Labute approximate surface area is 161 Å². The van der Waals surface area contributed by atoms with Gasteiger partial charge in [-0.05, 0) is 19.1 Å². The lowest BCUT2D eigenvalue weighted by molar-refractivity contribution is -0.0946. The number of anilines is 1. The van der Waals surface area contributed by atoms with E-state index in [9.17, 15) is 0 Å². The molecule has 1 aromatic rings. The molecule has 2 saturated heterocycles. The van der Waals surface area contributed by atoms with Crippen LogP contribution >= 0.6 is 24.0 Å². The van der Waals surface area contributed by atoms with Gasteiger partial charge in [-0.25, -0.2) is 4.98 Å². The zero-order chi connectivity index (χ0) is 16.1. The monoisotopic (exact) mass is 445 g/mol. The van der Waals surface area contributed by atoms with Gasteiger partial charge in [0, 0.05) is 44.3 Å². The molecule has 2 aliphatic rings. The minimum absolute atomic E-state index is 0. The normalized spacial score (nSPS) is 20.2. The number of guanidine groups is 1. The molecular formula is C17H28IN5O. The highest BCUT2D eigenvalue weighted by Crippen LogP contribution is 2.26. The maximum atomic E-state index is 5.32. The lowest BCUT2D eigenvalue weighted by atomic mass is 9.89. The summed E-state index contributed by atoms with van der Waals surface area (Å²) >= 11 is 0. The molecule has 6 nitrogen and oxygen atoms in total. The average Bonchev–Trinajstić information content (AvgIpc) is 2.58. The van der Waals surface area contributed by atoms with E-state index in [0.29, 0.717) is 0 Å². The quantitative estimate of drug-likeness (QED) is 0.436. The van der Waals surface area contributed by atoms with E-state index < -0.39 is 0 Å². The van der Waals surface area contributed by atoms with Gasteiger partial charge >= 0.3 is 0 Å². The van der Waals surface area contributed by atoms with Gasteiger partial charge in [0.2, 0.25) is 0 Å². The molecule has 3 rings (SSSR count). The molecule has 2 fully saturated rings. The molecule has 0 aliphatic carbocycles. The van der Waals surface area contributed by atoms with E-state index in [1.807, 2.05) is 18.3 Å². The Balaban J connectivity index is 0.00000208. The van der Waals surface area contributed by atoms with Gasteiger partial charge in [-0.1, -0.05) is 13.0 Å². The molecule has 7 heteroatoms. The maximum absolute atomic E-state index is 5.32. The van der Waals surface area contributed by atoms with Crippen molar-refractivity contribution in [3.8, 4) is 0 Å². The van der Waals surface area contributed by atoms with Gasteiger partial charge in [0.25, 0.3) is 0 Å². The molecular weight excluding hydrogens is 417 g/mol. The van der Waals surface area contributed by atoms with E-state index >= 15 is 0 Å². The summed E-state index contributed by atoms with van der Waals surface area (Å²) in [4.78, 5) is 14.0. The van der Waals surface area contributed by atoms with Crippen LogP contribution in [0.3, 0.4) is 0 Å². The second kappa shape index (κ2) is 8.84. The van der Waals surface area contributed by atoms with E-state index in [1.54, 1.807) is 0 Å². The van der Waals surface area contributed by atoms with Crippen LogP contribution in [0.1, 0.15) is 13.8 Å². The molecule has 3 heterocycles. The number of halogens is 1. The van der Waals surface area contributed by atoms with Gasteiger partial charge < -0.3 is 19.9 Å². The molecule has 0 aromatic carbocycles. The standard InChI is InChI=1S/C17H27N5O.HI/c1-3-18-16(20-12-17(2)13-23-14-17)22-10-8-21(9-11-22)15-6-4-5-7-19-15;/h4-7H,3,8-14H2,1-2H3,(H,18,20);1H. The van der Waals surface area contributed by atoms with Gasteiger partial charge in [0.05, 0.1) is 19.8 Å². The van der Waals surface area contributed by atoms with Gasteiger partial charge in [-0.3, -0.25) is 4.99 Å². The van der Waals surface area contributed by atoms with E-state index in [1.165, 1.54) is 0 Å². The van der Waals surface area contributed by atoms with Crippen molar-refractivity contribution in [3.63, 3.8) is 0 Å². The van der Waals surface area contributed by atoms with Crippen LogP contribution in [0.4, 0.5) is 5.82 Å². The smallest absolute Gasteiger partial charge is 0.194 e. The summed E-state index contributed by atoms with van der Waals surface area (Å²) in [5, 5.41) is 3.43. The minimum atomic E-state index is 0. The molecule has 0 bridgehead atoms. The zero-order valence-electron chi connectivity index (χ0n) is 14.6. The van der Waals surface area contributed by atoms with Gasteiger partial charge in [-0.15, -0.1) is 24.0 Å². The Bertz CT molecular complexity index is 527. The Morgan fingerprint density at radius 3 is 2.58 bits per heavy atom. The number of piperazine rings is 1. The summed E-state index contributed by atoms with van der Waals surface area (Å²) < 4.78 is 5.32. The number of rotatable bonds is 4. The second-order valence-electron chi connectivity index (χ2n) is 6.64. The van der Waals surface area contributed by atoms with Crippen molar-refractivity contribution in [1.29, 1.82) is 0 Å². The summed E-state index contributed by atoms with van der Waals surface area (Å²) in [6.45, 7) is 11.6. The van der Waals surface area contributed by atoms with E-state index in [4.69, 9.17) is 9.73 Å². The maximum Gasteiger partial charge on any atom is 0.194 e. The predicted molar refractivity (Wildman–Crippen MR) is 108 cm³/mol. The van der Waals surface area contributed by atoms with Crippen molar-refractivity contribution >= 4 is 35.8 Å². The van der Waals surface area contributed by atoms with Crippen LogP contribution in [0.25, 0.3) is 0 Å². The molecule has 0 unspecified atom stereocenters. The number of aromatic nitrogens is 1. The Morgan fingerprint density at radius 2 is 2.04 bits per heavy atom. The summed E-state index contributed by atoms with van der Waals surface area (Å²) in [5.74, 6) is 2.09. The molecule has 0 radical (unpaired) electrons. The number of hydrogen-bond donors (Lipinski definition) is 1. The van der Waals surface area contributed by atoms with E-state index in [0.717, 1.165) is 64.3 Å². The third-order valence-electron chi connectivity index (χ3n) is 4.40. The highest BCUT2D eigenvalue weighted by Gasteiger charge is 2.33. The van der Waals surface area contributed by atoms with E-state index in [2.05, 4.69) is 40.0 Å². The second-order valence-corrected chi connectivity index (χ2v) is 6.64. The SMILES string of the molecule is CCNC(=NCC1(C)COC1)N1CCN(c2ccccn2)CC1.I. The number of hydrogen-bond acceptors (Lipinski definition) is 4.